The normalized spacial score (nSPS) is 13.3. The molecule has 108 valence electrons. The standard InChI is InChI=1S/C14H16ClNO3S/c1-3-10(2)9-19-12-6-7-13(20(15,17)18)11-5-4-8-16-14(11)12/h4-8,10H,3,9H2,1-2H3. The monoisotopic (exact) mass is 313 g/mol. The largest absolute Gasteiger partial charge is 0.491 e. The van der Waals surface area contributed by atoms with Gasteiger partial charge >= 0.3 is 0 Å². The lowest BCUT2D eigenvalue weighted by atomic mass is 10.1. The second-order valence-corrected chi connectivity index (χ2v) is 7.26. The molecule has 1 aromatic heterocycles. The maximum atomic E-state index is 11.6. The SMILES string of the molecule is CCC(C)COc1ccc(S(=O)(=O)Cl)c2cccnc12. The molecule has 1 heterocycles. The Morgan fingerprint density at radius 1 is 1.35 bits per heavy atom. The van der Waals surface area contributed by atoms with Crippen LogP contribution in [0.5, 0.6) is 5.75 Å². The second-order valence-electron chi connectivity index (χ2n) is 4.72. The molecule has 0 aliphatic carbocycles. The molecule has 6 heteroatoms. The van der Waals surface area contributed by atoms with Crippen LogP contribution in [-0.4, -0.2) is 20.0 Å². The third-order valence-electron chi connectivity index (χ3n) is 3.18. The predicted octanol–water partition coefficient (Wildman–Crippen LogP) is 3.59. The first-order valence-corrected chi connectivity index (χ1v) is 8.69. The van der Waals surface area contributed by atoms with E-state index in [4.69, 9.17) is 15.4 Å². The minimum absolute atomic E-state index is 0.0538. The fraction of sp³-hybridized carbons (Fsp3) is 0.357. The molecule has 1 atom stereocenters. The molecule has 0 amide bonds. The molecule has 20 heavy (non-hydrogen) atoms. The zero-order chi connectivity index (χ0) is 14.8. The van der Waals surface area contributed by atoms with Gasteiger partial charge in [0.05, 0.1) is 11.5 Å². The summed E-state index contributed by atoms with van der Waals surface area (Å²) < 4.78 is 28.9. The van der Waals surface area contributed by atoms with Crippen molar-refractivity contribution >= 4 is 30.6 Å². The Morgan fingerprint density at radius 2 is 2.10 bits per heavy atom. The Hall–Kier alpha value is -1.33. The van der Waals surface area contributed by atoms with Gasteiger partial charge in [0.2, 0.25) is 0 Å². The van der Waals surface area contributed by atoms with Crippen LogP contribution in [0, 0.1) is 5.92 Å². The van der Waals surface area contributed by atoms with Crippen molar-refractivity contribution in [2.24, 2.45) is 5.92 Å². The molecule has 0 aliphatic rings. The highest BCUT2D eigenvalue weighted by atomic mass is 35.7. The summed E-state index contributed by atoms with van der Waals surface area (Å²) in [6.07, 6.45) is 2.61. The molecule has 0 saturated heterocycles. The summed E-state index contributed by atoms with van der Waals surface area (Å²) in [5.74, 6) is 0.996. The molecule has 2 rings (SSSR count). The van der Waals surface area contributed by atoms with Crippen molar-refractivity contribution in [1.82, 2.24) is 4.98 Å². The van der Waals surface area contributed by atoms with Gasteiger partial charge in [-0.15, -0.1) is 0 Å². The molecular formula is C14H16ClNO3S. The summed E-state index contributed by atoms with van der Waals surface area (Å²) in [5, 5.41) is 0.476. The minimum atomic E-state index is -3.81. The van der Waals surface area contributed by atoms with Crippen molar-refractivity contribution in [3.8, 4) is 5.75 Å². The second kappa shape index (κ2) is 5.97. The molecular weight excluding hydrogens is 298 g/mol. The first-order valence-electron chi connectivity index (χ1n) is 6.38. The number of pyridine rings is 1. The van der Waals surface area contributed by atoms with E-state index in [0.29, 0.717) is 29.2 Å². The highest BCUT2D eigenvalue weighted by molar-refractivity contribution is 8.14. The highest BCUT2D eigenvalue weighted by Crippen LogP contribution is 2.31. The first-order chi connectivity index (χ1) is 9.43. The number of aromatic nitrogens is 1. The number of benzene rings is 1. The van der Waals surface area contributed by atoms with Crippen LogP contribution in [0.15, 0.2) is 35.4 Å². The molecule has 0 spiro atoms. The van der Waals surface area contributed by atoms with Crippen molar-refractivity contribution in [3.05, 3.63) is 30.5 Å². The number of rotatable bonds is 5. The van der Waals surface area contributed by atoms with Gasteiger partial charge in [0, 0.05) is 22.3 Å². The number of halogens is 1. The summed E-state index contributed by atoms with van der Waals surface area (Å²) >= 11 is 0. The quantitative estimate of drug-likeness (QED) is 0.792. The lowest BCUT2D eigenvalue weighted by Gasteiger charge is -2.13. The van der Waals surface area contributed by atoms with Crippen LogP contribution in [-0.2, 0) is 9.05 Å². The zero-order valence-corrected chi connectivity index (χ0v) is 12.9. The minimum Gasteiger partial charge on any atom is -0.491 e. The third kappa shape index (κ3) is 3.22. The molecule has 0 aliphatic heterocycles. The summed E-state index contributed by atoms with van der Waals surface area (Å²) in [6, 6.07) is 6.41. The molecule has 2 aromatic rings. The summed E-state index contributed by atoms with van der Waals surface area (Å²) in [7, 11) is 1.64. The van der Waals surface area contributed by atoms with Crippen LogP contribution < -0.4 is 4.74 Å². The fourth-order valence-corrected chi connectivity index (χ4v) is 2.86. The lowest BCUT2D eigenvalue weighted by molar-refractivity contribution is 0.259. The van der Waals surface area contributed by atoms with E-state index in [1.54, 1.807) is 24.4 Å². The van der Waals surface area contributed by atoms with Gasteiger partial charge in [-0.2, -0.15) is 0 Å². The average Bonchev–Trinajstić information content (AvgIpc) is 2.43. The van der Waals surface area contributed by atoms with Crippen molar-refractivity contribution in [3.63, 3.8) is 0 Å². The van der Waals surface area contributed by atoms with Gasteiger partial charge in [0.15, 0.2) is 0 Å². The van der Waals surface area contributed by atoms with E-state index in [-0.39, 0.29) is 4.90 Å². The number of ether oxygens (including phenoxy) is 1. The fourth-order valence-electron chi connectivity index (χ4n) is 1.80. The van der Waals surface area contributed by atoms with Crippen LogP contribution in [0.1, 0.15) is 20.3 Å². The topological polar surface area (TPSA) is 56.3 Å². The highest BCUT2D eigenvalue weighted by Gasteiger charge is 2.17. The third-order valence-corrected chi connectivity index (χ3v) is 4.56. The van der Waals surface area contributed by atoms with Crippen molar-refractivity contribution in [2.45, 2.75) is 25.2 Å². The number of fused-ring (bicyclic) bond motifs is 1. The van der Waals surface area contributed by atoms with Crippen LogP contribution in [0.2, 0.25) is 0 Å². The van der Waals surface area contributed by atoms with E-state index in [2.05, 4.69) is 18.8 Å². The van der Waals surface area contributed by atoms with Gasteiger partial charge in [-0.1, -0.05) is 20.3 Å². The van der Waals surface area contributed by atoms with Gasteiger partial charge in [-0.05, 0) is 30.2 Å². The molecule has 0 radical (unpaired) electrons. The molecule has 0 fully saturated rings. The predicted molar refractivity (Wildman–Crippen MR) is 79.7 cm³/mol. The molecule has 0 bridgehead atoms. The molecule has 4 nitrogen and oxygen atoms in total. The summed E-state index contributed by atoms with van der Waals surface area (Å²) in [6.45, 7) is 4.75. The average molecular weight is 314 g/mol. The zero-order valence-electron chi connectivity index (χ0n) is 11.3. The molecule has 1 aromatic carbocycles. The van der Waals surface area contributed by atoms with Gasteiger partial charge in [-0.3, -0.25) is 4.98 Å². The number of hydrogen-bond acceptors (Lipinski definition) is 4. The van der Waals surface area contributed by atoms with E-state index < -0.39 is 9.05 Å². The van der Waals surface area contributed by atoms with Crippen LogP contribution in [0.4, 0.5) is 0 Å². The first kappa shape index (κ1) is 15.1. The van der Waals surface area contributed by atoms with Crippen LogP contribution in [0.25, 0.3) is 10.9 Å². The summed E-state index contributed by atoms with van der Waals surface area (Å²) in [5.41, 5.74) is 0.512. The van der Waals surface area contributed by atoms with E-state index in [1.165, 1.54) is 6.07 Å². The molecule has 0 N–H and O–H groups in total. The Balaban J connectivity index is 2.49. The van der Waals surface area contributed by atoms with E-state index in [0.717, 1.165) is 6.42 Å². The van der Waals surface area contributed by atoms with E-state index >= 15 is 0 Å². The number of nitrogens with zero attached hydrogens (tertiary/aromatic N) is 1. The van der Waals surface area contributed by atoms with Crippen molar-refractivity contribution in [1.29, 1.82) is 0 Å². The lowest BCUT2D eigenvalue weighted by Crippen LogP contribution is -2.08. The van der Waals surface area contributed by atoms with Crippen LogP contribution in [0.3, 0.4) is 0 Å². The van der Waals surface area contributed by atoms with Gasteiger partial charge in [-0.25, -0.2) is 8.42 Å². The van der Waals surface area contributed by atoms with Gasteiger partial charge in [0.25, 0.3) is 9.05 Å². The van der Waals surface area contributed by atoms with E-state index in [1.807, 2.05) is 0 Å². The van der Waals surface area contributed by atoms with Gasteiger partial charge in [0.1, 0.15) is 11.3 Å². The van der Waals surface area contributed by atoms with Gasteiger partial charge < -0.3 is 4.74 Å². The maximum Gasteiger partial charge on any atom is 0.261 e. The Bertz CT molecular complexity index is 715. The van der Waals surface area contributed by atoms with Crippen LogP contribution >= 0.6 is 10.7 Å². The molecule has 1 unspecified atom stereocenters. The smallest absolute Gasteiger partial charge is 0.261 e. The number of hydrogen-bond donors (Lipinski definition) is 0. The van der Waals surface area contributed by atoms with Crippen molar-refractivity contribution in [2.75, 3.05) is 6.61 Å². The Kier molecular flexibility index (Phi) is 4.50. The van der Waals surface area contributed by atoms with Crippen molar-refractivity contribution < 1.29 is 13.2 Å². The summed E-state index contributed by atoms with van der Waals surface area (Å²) in [4.78, 5) is 4.26. The Morgan fingerprint density at radius 3 is 2.75 bits per heavy atom. The Labute approximate surface area is 123 Å². The van der Waals surface area contributed by atoms with E-state index in [9.17, 15) is 8.42 Å². The maximum absolute atomic E-state index is 11.6. The molecule has 0 saturated carbocycles.